The Hall–Kier alpha value is -0.800. The molecule has 0 saturated carbocycles. The van der Waals surface area contributed by atoms with Gasteiger partial charge in [-0.05, 0) is 44.0 Å². The highest BCUT2D eigenvalue weighted by atomic mass is 14.9. The third-order valence-electron chi connectivity index (χ3n) is 2.82. The topological polar surface area (TPSA) is 39.8 Å². The molecule has 0 radical (unpaired) electrons. The summed E-state index contributed by atoms with van der Waals surface area (Å²) in [5.41, 5.74) is 1.34. The number of hydrogen-bond donors (Lipinski definition) is 3. The molecule has 1 saturated heterocycles. The average Bonchev–Trinajstić information content (AvgIpc) is 2.86. The molecular weight excluding hydrogens is 174 g/mol. The molecule has 1 aliphatic rings. The van der Waals surface area contributed by atoms with Crippen molar-refractivity contribution in [1.82, 2.24) is 15.6 Å². The van der Waals surface area contributed by atoms with E-state index in [0.29, 0.717) is 0 Å². The number of rotatable bonds is 5. The Bertz CT molecular complexity index is 237. The molecule has 1 aromatic heterocycles. The predicted molar refractivity (Wildman–Crippen MR) is 58.1 cm³/mol. The molecule has 3 nitrogen and oxygen atoms in total. The van der Waals surface area contributed by atoms with Gasteiger partial charge in [-0.2, -0.15) is 0 Å². The maximum atomic E-state index is 3.50. The maximum Gasteiger partial charge on any atom is 0.0220 e. The van der Waals surface area contributed by atoms with Crippen LogP contribution in [-0.2, 0) is 6.54 Å². The van der Waals surface area contributed by atoms with Gasteiger partial charge in [0.15, 0.2) is 0 Å². The van der Waals surface area contributed by atoms with Crippen LogP contribution in [0.15, 0.2) is 18.5 Å². The normalized spacial score (nSPS) is 21.6. The highest BCUT2D eigenvalue weighted by Gasteiger charge is 2.12. The van der Waals surface area contributed by atoms with Crippen molar-refractivity contribution in [2.24, 2.45) is 0 Å². The first-order chi connectivity index (χ1) is 6.95. The van der Waals surface area contributed by atoms with Crippen molar-refractivity contribution < 1.29 is 0 Å². The summed E-state index contributed by atoms with van der Waals surface area (Å²) in [6, 6.07) is 2.87. The first-order valence-corrected chi connectivity index (χ1v) is 5.51. The van der Waals surface area contributed by atoms with E-state index >= 15 is 0 Å². The fraction of sp³-hybridized carbons (Fsp3) is 0.636. The van der Waals surface area contributed by atoms with Crippen LogP contribution in [0, 0.1) is 0 Å². The van der Waals surface area contributed by atoms with Crippen LogP contribution in [0.5, 0.6) is 0 Å². The van der Waals surface area contributed by atoms with Crippen LogP contribution in [0.3, 0.4) is 0 Å². The maximum absolute atomic E-state index is 3.50. The molecule has 14 heavy (non-hydrogen) atoms. The van der Waals surface area contributed by atoms with Gasteiger partial charge in [0.05, 0.1) is 0 Å². The van der Waals surface area contributed by atoms with Crippen molar-refractivity contribution in [2.45, 2.75) is 31.8 Å². The van der Waals surface area contributed by atoms with E-state index in [4.69, 9.17) is 0 Å². The second-order valence-corrected chi connectivity index (χ2v) is 3.98. The largest absolute Gasteiger partial charge is 0.367 e. The van der Waals surface area contributed by atoms with Crippen LogP contribution in [-0.4, -0.2) is 24.1 Å². The molecule has 0 amide bonds. The standard InChI is InChI=1S/C11H19N3/c1-2-11(14-5-1)4-7-13-9-10-3-6-12-8-10/h3,6,8,11-14H,1-2,4-5,7,9H2. The molecule has 78 valence electrons. The van der Waals surface area contributed by atoms with E-state index in [0.717, 1.165) is 19.1 Å². The van der Waals surface area contributed by atoms with Gasteiger partial charge < -0.3 is 15.6 Å². The van der Waals surface area contributed by atoms with Gasteiger partial charge in [-0.1, -0.05) is 0 Å². The number of aromatic nitrogens is 1. The van der Waals surface area contributed by atoms with E-state index in [1.807, 2.05) is 12.4 Å². The van der Waals surface area contributed by atoms with Gasteiger partial charge in [-0.3, -0.25) is 0 Å². The van der Waals surface area contributed by atoms with Gasteiger partial charge in [-0.15, -0.1) is 0 Å². The van der Waals surface area contributed by atoms with E-state index < -0.39 is 0 Å². The first-order valence-electron chi connectivity index (χ1n) is 5.51. The molecule has 2 heterocycles. The van der Waals surface area contributed by atoms with Crippen molar-refractivity contribution in [2.75, 3.05) is 13.1 Å². The van der Waals surface area contributed by atoms with Crippen LogP contribution in [0.25, 0.3) is 0 Å². The predicted octanol–water partition coefficient (Wildman–Crippen LogP) is 1.25. The number of H-pyrrole nitrogens is 1. The van der Waals surface area contributed by atoms with Gasteiger partial charge in [0.2, 0.25) is 0 Å². The van der Waals surface area contributed by atoms with Crippen LogP contribution in [0.1, 0.15) is 24.8 Å². The summed E-state index contributed by atoms with van der Waals surface area (Å²) < 4.78 is 0. The Labute approximate surface area is 85.3 Å². The molecular formula is C11H19N3. The van der Waals surface area contributed by atoms with Crippen molar-refractivity contribution in [1.29, 1.82) is 0 Å². The lowest BCUT2D eigenvalue weighted by Crippen LogP contribution is -2.26. The minimum atomic E-state index is 0.758. The van der Waals surface area contributed by atoms with Crippen LogP contribution in [0.2, 0.25) is 0 Å². The summed E-state index contributed by atoms with van der Waals surface area (Å²) >= 11 is 0. The number of hydrogen-bond acceptors (Lipinski definition) is 2. The molecule has 0 aromatic carbocycles. The van der Waals surface area contributed by atoms with E-state index in [1.165, 1.54) is 31.4 Å². The Balaban J connectivity index is 1.55. The van der Waals surface area contributed by atoms with Gasteiger partial charge in [0.1, 0.15) is 0 Å². The van der Waals surface area contributed by atoms with Gasteiger partial charge in [0, 0.05) is 25.0 Å². The number of aromatic amines is 1. The molecule has 3 heteroatoms. The van der Waals surface area contributed by atoms with Crippen LogP contribution >= 0.6 is 0 Å². The second kappa shape index (κ2) is 5.17. The van der Waals surface area contributed by atoms with Gasteiger partial charge in [0.25, 0.3) is 0 Å². The fourth-order valence-corrected chi connectivity index (χ4v) is 1.98. The lowest BCUT2D eigenvalue weighted by Gasteiger charge is -2.09. The Morgan fingerprint density at radius 1 is 1.50 bits per heavy atom. The lowest BCUT2D eigenvalue weighted by atomic mass is 10.1. The summed E-state index contributed by atoms with van der Waals surface area (Å²) in [6.07, 6.45) is 7.97. The highest BCUT2D eigenvalue weighted by molar-refractivity contribution is 5.07. The van der Waals surface area contributed by atoms with Crippen molar-refractivity contribution in [3.63, 3.8) is 0 Å². The highest BCUT2D eigenvalue weighted by Crippen LogP contribution is 2.07. The van der Waals surface area contributed by atoms with E-state index in [-0.39, 0.29) is 0 Å². The minimum absolute atomic E-state index is 0.758. The Kier molecular flexibility index (Phi) is 3.60. The summed E-state index contributed by atoms with van der Waals surface area (Å²) in [4.78, 5) is 3.06. The monoisotopic (exact) mass is 193 g/mol. The van der Waals surface area contributed by atoms with Gasteiger partial charge in [-0.25, -0.2) is 0 Å². The summed E-state index contributed by atoms with van der Waals surface area (Å²) in [5, 5.41) is 6.96. The molecule has 3 N–H and O–H groups in total. The molecule has 1 aromatic rings. The quantitative estimate of drug-likeness (QED) is 0.616. The first kappa shape index (κ1) is 9.74. The Morgan fingerprint density at radius 2 is 2.50 bits per heavy atom. The van der Waals surface area contributed by atoms with Crippen molar-refractivity contribution in [3.05, 3.63) is 24.0 Å². The fourth-order valence-electron chi connectivity index (χ4n) is 1.98. The van der Waals surface area contributed by atoms with Crippen LogP contribution in [0.4, 0.5) is 0 Å². The number of nitrogens with one attached hydrogen (secondary N) is 3. The molecule has 0 spiro atoms. The zero-order valence-corrected chi connectivity index (χ0v) is 8.55. The second-order valence-electron chi connectivity index (χ2n) is 3.98. The molecule has 1 atom stereocenters. The molecule has 0 aliphatic carbocycles. The summed E-state index contributed by atoms with van der Waals surface area (Å²) in [6.45, 7) is 3.31. The Morgan fingerprint density at radius 3 is 3.21 bits per heavy atom. The minimum Gasteiger partial charge on any atom is -0.367 e. The average molecular weight is 193 g/mol. The molecule has 1 unspecified atom stereocenters. The van der Waals surface area contributed by atoms with Gasteiger partial charge >= 0.3 is 0 Å². The lowest BCUT2D eigenvalue weighted by molar-refractivity contribution is 0.524. The van der Waals surface area contributed by atoms with Crippen molar-refractivity contribution in [3.8, 4) is 0 Å². The smallest absolute Gasteiger partial charge is 0.0220 e. The molecule has 1 aliphatic heterocycles. The molecule has 0 bridgehead atoms. The molecule has 1 fully saturated rings. The zero-order chi connectivity index (χ0) is 9.64. The SMILES string of the molecule is c1cc(CNCCC2CCCN2)c[nH]1. The third-order valence-corrected chi connectivity index (χ3v) is 2.82. The zero-order valence-electron chi connectivity index (χ0n) is 8.55. The van der Waals surface area contributed by atoms with Crippen LogP contribution < -0.4 is 10.6 Å². The third kappa shape index (κ3) is 2.86. The summed E-state index contributed by atoms with van der Waals surface area (Å²) in [7, 11) is 0. The summed E-state index contributed by atoms with van der Waals surface area (Å²) in [5.74, 6) is 0. The van der Waals surface area contributed by atoms with E-state index in [1.54, 1.807) is 0 Å². The van der Waals surface area contributed by atoms with E-state index in [9.17, 15) is 0 Å². The molecule has 2 rings (SSSR count). The van der Waals surface area contributed by atoms with Crippen molar-refractivity contribution >= 4 is 0 Å². The van der Waals surface area contributed by atoms with E-state index in [2.05, 4.69) is 21.7 Å².